The zero-order valence-electron chi connectivity index (χ0n) is 15.2. The number of carboxylic acids is 1. The highest BCUT2D eigenvalue weighted by Crippen LogP contribution is 2.37. The molecule has 0 unspecified atom stereocenters. The third-order valence-corrected chi connectivity index (χ3v) is 8.97. The molecule has 0 N–H and O–H groups in total. The van der Waals surface area contributed by atoms with Crippen molar-refractivity contribution in [2.45, 2.75) is 34.5 Å². The Morgan fingerprint density at radius 1 is 0.857 bits per heavy atom. The smallest absolute Gasteiger partial charge is 0.193 e. The van der Waals surface area contributed by atoms with Gasteiger partial charge in [0.2, 0.25) is 0 Å². The molecule has 0 heterocycles. The Bertz CT molecular complexity index is 840. The fraction of sp³-hybridized carbons (Fsp3) is 0.136. The number of carboxylic acid groups (broad SMARTS) is 1. The molecule has 0 amide bonds. The molecule has 0 radical (unpaired) electrons. The molecular formula is C22H19I3O2S. The molecule has 3 aromatic carbocycles. The first kappa shape index (κ1) is 23.9. The first-order valence-electron chi connectivity index (χ1n) is 8.62. The first-order valence-corrected chi connectivity index (χ1v) is 13.1. The van der Waals surface area contributed by atoms with Gasteiger partial charge in [-0.1, -0.05) is 49.7 Å². The van der Waals surface area contributed by atoms with E-state index in [2.05, 4.69) is 141 Å². The van der Waals surface area contributed by atoms with Gasteiger partial charge >= 0.3 is 0 Å². The van der Waals surface area contributed by atoms with E-state index in [4.69, 9.17) is 0 Å². The van der Waals surface area contributed by atoms with Crippen molar-refractivity contribution in [2.75, 3.05) is 0 Å². The summed E-state index contributed by atoms with van der Waals surface area (Å²) in [5.74, 6) is -0.961. The molecule has 3 rings (SSSR count). The van der Waals surface area contributed by atoms with Gasteiger partial charge in [0.05, 0.1) is 7.14 Å². The fourth-order valence-corrected chi connectivity index (χ4v) is 9.43. The quantitative estimate of drug-likeness (QED) is 0.235. The van der Waals surface area contributed by atoms with Gasteiger partial charge < -0.3 is 9.90 Å². The van der Waals surface area contributed by atoms with E-state index in [9.17, 15) is 9.90 Å². The minimum Gasteiger partial charge on any atom is -0.550 e. The van der Waals surface area contributed by atoms with Crippen LogP contribution in [-0.2, 0) is 15.7 Å². The van der Waals surface area contributed by atoms with E-state index in [1.807, 2.05) is 0 Å². The Labute approximate surface area is 210 Å². The first-order chi connectivity index (χ1) is 13.4. The Morgan fingerprint density at radius 3 is 1.61 bits per heavy atom. The second kappa shape index (κ2) is 12.4. The van der Waals surface area contributed by atoms with Gasteiger partial charge in [-0.25, -0.2) is 0 Å². The largest absolute Gasteiger partial charge is 0.550 e. The van der Waals surface area contributed by atoms with Crippen molar-refractivity contribution in [3.8, 4) is 0 Å². The standard InChI is InChI=1S/C18H12I3S.C4H8O2/c19-13-11-16(20)18(17(21)12-13)22(14-7-3-1-4-8-14)15-9-5-2-6-10-15;1-2-3-4(5)6/h1-12H;2-3H2,1H3,(H,5,6)/q+1;/p-1. The summed E-state index contributed by atoms with van der Waals surface area (Å²) in [6.07, 6.45) is 0.850. The van der Waals surface area contributed by atoms with Crippen LogP contribution < -0.4 is 5.11 Å². The van der Waals surface area contributed by atoms with Crippen LogP contribution >= 0.6 is 67.8 Å². The van der Waals surface area contributed by atoms with Crippen molar-refractivity contribution in [2.24, 2.45) is 0 Å². The molecule has 6 heteroatoms. The Kier molecular flexibility index (Phi) is 10.6. The number of hydrogen-bond donors (Lipinski definition) is 0. The molecule has 0 spiro atoms. The molecule has 0 fully saturated rings. The molecule has 0 aliphatic carbocycles. The third kappa shape index (κ3) is 7.17. The van der Waals surface area contributed by atoms with E-state index in [0.29, 0.717) is 6.42 Å². The molecule has 28 heavy (non-hydrogen) atoms. The zero-order chi connectivity index (χ0) is 20.5. The average molecular weight is 728 g/mol. The van der Waals surface area contributed by atoms with Crippen LogP contribution in [0.2, 0.25) is 0 Å². The van der Waals surface area contributed by atoms with Gasteiger partial charge in [0.15, 0.2) is 14.7 Å². The number of carbonyl (C=O) groups is 1. The lowest BCUT2D eigenvalue weighted by atomic mass is 10.4. The number of benzene rings is 3. The van der Waals surface area contributed by atoms with Gasteiger partial charge in [-0.3, -0.25) is 0 Å². The lowest BCUT2D eigenvalue weighted by Gasteiger charge is -2.11. The van der Waals surface area contributed by atoms with Gasteiger partial charge in [0, 0.05) is 9.54 Å². The van der Waals surface area contributed by atoms with Gasteiger partial charge in [0.25, 0.3) is 0 Å². The maximum Gasteiger partial charge on any atom is 0.193 e. The van der Waals surface area contributed by atoms with E-state index < -0.39 is 5.97 Å². The van der Waals surface area contributed by atoms with Gasteiger partial charge in [-0.2, -0.15) is 0 Å². The van der Waals surface area contributed by atoms with E-state index in [1.165, 1.54) is 25.4 Å². The minimum atomic E-state index is -0.961. The summed E-state index contributed by atoms with van der Waals surface area (Å²) < 4.78 is 3.97. The Morgan fingerprint density at radius 2 is 1.29 bits per heavy atom. The maximum atomic E-state index is 9.49. The van der Waals surface area contributed by atoms with E-state index in [0.717, 1.165) is 0 Å². The van der Waals surface area contributed by atoms with Crippen molar-refractivity contribution < 1.29 is 9.90 Å². The maximum absolute atomic E-state index is 9.49. The number of halogens is 3. The lowest BCUT2D eigenvalue weighted by Crippen LogP contribution is -2.20. The average Bonchev–Trinajstić information content (AvgIpc) is 2.66. The van der Waals surface area contributed by atoms with Crippen LogP contribution in [0.5, 0.6) is 0 Å². The molecule has 146 valence electrons. The van der Waals surface area contributed by atoms with Crippen LogP contribution in [-0.4, -0.2) is 5.97 Å². The van der Waals surface area contributed by atoms with Crippen molar-refractivity contribution in [1.82, 2.24) is 0 Å². The SMILES string of the molecule is CCCC(=O)[O-].Ic1cc(I)c([S+](c2ccccc2)c2ccccc2)c(I)c1. The Balaban J connectivity index is 0.000000409. The highest BCUT2D eigenvalue weighted by Gasteiger charge is 2.33. The second-order valence-corrected chi connectivity index (χ2v) is 11.3. The van der Waals surface area contributed by atoms with Crippen molar-refractivity contribution in [3.63, 3.8) is 0 Å². The topological polar surface area (TPSA) is 40.1 Å². The summed E-state index contributed by atoms with van der Waals surface area (Å²) in [6, 6.07) is 26.2. The predicted molar refractivity (Wildman–Crippen MR) is 140 cm³/mol. The number of rotatable bonds is 5. The summed E-state index contributed by atoms with van der Waals surface area (Å²) in [6.45, 7) is 1.80. The van der Waals surface area contributed by atoms with Crippen LogP contribution in [0, 0.1) is 10.7 Å². The minimum absolute atomic E-state index is 0.0644. The normalized spacial score (nSPS) is 10.3. The molecule has 3 aromatic rings. The summed E-state index contributed by atoms with van der Waals surface area (Å²) in [4.78, 5) is 13.7. The summed E-state index contributed by atoms with van der Waals surface area (Å²) >= 11 is 7.35. The second-order valence-electron chi connectivity index (χ2n) is 5.75. The van der Waals surface area contributed by atoms with Crippen LogP contribution in [0.1, 0.15) is 19.8 Å². The van der Waals surface area contributed by atoms with Crippen LogP contribution in [0.4, 0.5) is 0 Å². The molecule has 0 aromatic heterocycles. The van der Waals surface area contributed by atoms with Gasteiger partial charge in [-0.15, -0.1) is 0 Å². The van der Waals surface area contributed by atoms with Crippen molar-refractivity contribution in [3.05, 3.63) is 83.5 Å². The number of hydrogen-bond acceptors (Lipinski definition) is 2. The van der Waals surface area contributed by atoms with Crippen molar-refractivity contribution >= 4 is 84.6 Å². The predicted octanol–water partition coefficient (Wildman–Crippen LogP) is 6.13. The van der Waals surface area contributed by atoms with Crippen LogP contribution in [0.3, 0.4) is 0 Å². The number of carbonyl (C=O) groups excluding carboxylic acids is 1. The van der Waals surface area contributed by atoms with Crippen LogP contribution in [0.15, 0.2) is 87.5 Å². The van der Waals surface area contributed by atoms with Crippen molar-refractivity contribution in [1.29, 1.82) is 0 Å². The molecule has 0 aliphatic heterocycles. The zero-order valence-corrected chi connectivity index (χ0v) is 22.5. The molecule has 0 bridgehead atoms. The van der Waals surface area contributed by atoms with Gasteiger partial charge in [0.1, 0.15) is 10.9 Å². The number of aliphatic carboxylic acids is 1. The summed E-state index contributed by atoms with van der Waals surface area (Å²) in [5.41, 5.74) is 0. The fourth-order valence-electron chi connectivity index (χ4n) is 2.41. The van der Waals surface area contributed by atoms with Crippen LogP contribution in [0.25, 0.3) is 0 Å². The Hall–Kier alpha value is -0.330. The molecular weight excluding hydrogens is 709 g/mol. The molecule has 2 nitrogen and oxygen atoms in total. The molecule has 0 saturated carbocycles. The molecule has 0 atom stereocenters. The lowest BCUT2D eigenvalue weighted by molar-refractivity contribution is -0.305. The monoisotopic (exact) mass is 728 g/mol. The summed E-state index contributed by atoms with van der Waals surface area (Å²) in [7, 11) is -0.0644. The third-order valence-electron chi connectivity index (χ3n) is 3.58. The molecule has 0 saturated heterocycles. The van der Waals surface area contributed by atoms with E-state index >= 15 is 0 Å². The van der Waals surface area contributed by atoms with E-state index in [1.54, 1.807) is 6.92 Å². The van der Waals surface area contributed by atoms with E-state index in [-0.39, 0.29) is 17.3 Å². The van der Waals surface area contributed by atoms with Gasteiger partial charge in [-0.05, 0) is 111 Å². The summed E-state index contributed by atoms with van der Waals surface area (Å²) in [5, 5.41) is 9.49. The molecule has 0 aliphatic rings. The highest BCUT2D eigenvalue weighted by atomic mass is 127. The highest BCUT2D eigenvalue weighted by molar-refractivity contribution is 14.1.